The maximum atomic E-state index is 6.06. The molecule has 1 aromatic rings. The molecule has 1 aliphatic carbocycles. The molecule has 0 radical (unpaired) electrons. The summed E-state index contributed by atoms with van der Waals surface area (Å²) in [6, 6.07) is 5.41. The minimum atomic E-state index is -0.257. The normalized spacial score (nSPS) is 19.1. The van der Waals surface area contributed by atoms with Crippen LogP contribution < -0.4 is 16.0 Å². The quantitative estimate of drug-likeness (QED) is 0.637. The SMILES string of the molecule is COc1ccc(Cl)cc1C(NN)C1(OC)CCC1. The van der Waals surface area contributed by atoms with Gasteiger partial charge < -0.3 is 9.47 Å². The van der Waals surface area contributed by atoms with Gasteiger partial charge in [-0.05, 0) is 37.5 Å². The van der Waals surface area contributed by atoms with Gasteiger partial charge in [0.05, 0.1) is 18.8 Å². The van der Waals surface area contributed by atoms with Crippen LogP contribution in [0.5, 0.6) is 5.75 Å². The molecular formula is C13H19ClN2O2. The van der Waals surface area contributed by atoms with E-state index in [0.29, 0.717) is 5.02 Å². The van der Waals surface area contributed by atoms with E-state index < -0.39 is 0 Å². The van der Waals surface area contributed by atoms with E-state index >= 15 is 0 Å². The van der Waals surface area contributed by atoms with E-state index in [1.165, 1.54) is 0 Å². The molecule has 5 heteroatoms. The van der Waals surface area contributed by atoms with Crippen molar-refractivity contribution in [2.45, 2.75) is 30.9 Å². The minimum absolute atomic E-state index is 0.120. The number of nitrogens with two attached hydrogens (primary N) is 1. The standard InChI is InChI=1S/C13H19ClN2O2/c1-17-11-5-4-9(14)8-10(11)12(16-15)13(18-2)6-3-7-13/h4-5,8,12,16H,3,6-7,15H2,1-2H3. The van der Waals surface area contributed by atoms with E-state index in [1.807, 2.05) is 12.1 Å². The lowest BCUT2D eigenvalue weighted by atomic mass is 9.72. The minimum Gasteiger partial charge on any atom is -0.496 e. The fourth-order valence-electron chi connectivity index (χ4n) is 2.59. The van der Waals surface area contributed by atoms with Crippen molar-refractivity contribution in [1.82, 2.24) is 5.43 Å². The Labute approximate surface area is 112 Å². The van der Waals surface area contributed by atoms with E-state index in [-0.39, 0.29) is 11.6 Å². The van der Waals surface area contributed by atoms with E-state index in [9.17, 15) is 0 Å². The molecule has 0 amide bonds. The Hall–Kier alpha value is -0.810. The summed E-state index contributed by atoms with van der Waals surface area (Å²) in [7, 11) is 3.36. The summed E-state index contributed by atoms with van der Waals surface area (Å²) >= 11 is 6.06. The molecule has 0 heterocycles. The zero-order chi connectivity index (χ0) is 13.2. The Morgan fingerprint density at radius 1 is 1.39 bits per heavy atom. The fraction of sp³-hybridized carbons (Fsp3) is 0.538. The molecule has 0 aromatic heterocycles. The highest BCUT2D eigenvalue weighted by molar-refractivity contribution is 6.30. The number of hydrogen-bond donors (Lipinski definition) is 2. The van der Waals surface area contributed by atoms with Crippen LogP contribution in [-0.4, -0.2) is 19.8 Å². The Bertz CT molecular complexity index is 416. The van der Waals surface area contributed by atoms with Gasteiger partial charge in [0.25, 0.3) is 0 Å². The van der Waals surface area contributed by atoms with Crippen molar-refractivity contribution in [2.75, 3.05) is 14.2 Å². The van der Waals surface area contributed by atoms with Crippen LogP contribution in [0.1, 0.15) is 30.9 Å². The van der Waals surface area contributed by atoms with Gasteiger partial charge in [-0.15, -0.1) is 0 Å². The van der Waals surface area contributed by atoms with Gasteiger partial charge in [-0.3, -0.25) is 5.84 Å². The van der Waals surface area contributed by atoms with Crippen molar-refractivity contribution in [1.29, 1.82) is 0 Å². The molecule has 1 unspecified atom stereocenters. The van der Waals surface area contributed by atoms with Crippen molar-refractivity contribution < 1.29 is 9.47 Å². The summed E-state index contributed by atoms with van der Waals surface area (Å²) in [5, 5.41) is 0.664. The second kappa shape index (κ2) is 5.45. The zero-order valence-electron chi connectivity index (χ0n) is 10.7. The first kappa shape index (κ1) is 13.6. The summed E-state index contributed by atoms with van der Waals surface area (Å²) in [5.74, 6) is 6.49. The number of nitrogens with one attached hydrogen (secondary N) is 1. The van der Waals surface area contributed by atoms with Gasteiger partial charge in [0.2, 0.25) is 0 Å². The Morgan fingerprint density at radius 2 is 2.11 bits per heavy atom. The first-order valence-electron chi connectivity index (χ1n) is 6.01. The van der Waals surface area contributed by atoms with Crippen molar-refractivity contribution in [3.63, 3.8) is 0 Å². The molecule has 3 N–H and O–H groups in total. The summed E-state index contributed by atoms with van der Waals surface area (Å²) in [6.07, 6.45) is 3.11. The van der Waals surface area contributed by atoms with E-state index in [2.05, 4.69) is 5.43 Å². The monoisotopic (exact) mass is 270 g/mol. The highest BCUT2D eigenvalue weighted by Crippen LogP contribution is 2.46. The van der Waals surface area contributed by atoms with E-state index in [4.69, 9.17) is 26.9 Å². The topological polar surface area (TPSA) is 56.5 Å². The third-order valence-corrected chi connectivity index (χ3v) is 4.04. The highest BCUT2D eigenvalue weighted by atomic mass is 35.5. The zero-order valence-corrected chi connectivity index (χ0v) is 11.5. The molecule has 0 bridgehead atoms. The van der Waals surface area contributed by atoms with Crippen LogP contribution in [0.4, 0.5) is 0 Å². The molecule has 1 aliphatic rings. The van der Waals surface area contributed by atoms with Crippen molar-refractivity contribution in [3.8, 4) is 5.75 Å². The largest absolute Gasteiger partial charge is 0.496 e. The van der Waals surface area contributed by atoms with Crippen molar-refractivity contribution in [2.24, 2.45) is 5.84 Å². The number of halogens is 1. The van der Waals surface area contributed by atoms with Gasteiger partial charge in [-0.25, -0.2) is 5.43 Å². The average molecular weight is 271 g/mol. The predicted molar refractivity (Wildman–Crippen MR) is 71.7 cm³/mol. The number of hydrazine groups is 1. The molecule has 0 spiro atoms. The molecule has 1 fully saturated rings. The van der Waals surface area contributed by atoms with Gasteiger partial charge in [-0.1, -0.05) is 11.6 Å². The maximum absolute atomic E-state index is 6.06. The predicted octanol–water partition coefficient (Wildman–Crippen LogP) is 2.42. The third kappa shape index (κ3) is 2.21. The lowest BCUT2D eigenvalue weighted by molar-refractivity contribution is -0.100. The molecule has 1 atom stereocenters. The second-order valence-corrected chi connectivity index (χ2v) is 5.04. The van der Waals surface area contributed by atoms with Crippen LogP contribution in [0.3, 0.4) is 0 Å². The Balaban J connectivity index is 2.40. The number of methoxy groups -OCH3 is 2. The lowest BCUT2D eigenvalue weighted by Crippen LogP contribution is -2.52. The lowest BCUT2D eigenvalue weighted by Gasteiger charge is -2.46. The molecule has 4 nitrogen and oxygen atoms in total. The maximum Gasteiger partial charge on any atom is 0.123 e. The summed E-state index contributed by atoms with van der Waals surface area (Å²) in [4.78, 5) is 0. The van der Waals surface area contributed by atoms with Crippen LogP contribution in [0.2, 0.25) is 5.02 Å². The number of benzene rings is 1. The summed E-state index contributed by atoms with van der Waals surface area (Å²) < 4.78 is 11.1. The van der Waals surface area contributed by atoms with Gasteiger partial charge in [0, 0.05) is 17.7 Å². The molecule has 100 valence electrons. The average Bonchev–Trinajstić information content (AvgIpc) is 2.33. The van der Waals surface area contributed by atoms with Crippen molar-refractivity contribution in [3.05, 3.63) is 28.8 Å². The number of ether oxygens (including phenoxy) is 2. The smallest absolute Gasteiger partial charge is 0.123 e. The van der Waals surface area contributed by atoms with Crippen molar-refractivity contribution >= 4 is 11.6 Å². The van der Waals surface area contributed by atoms with Gasteiger partial charge in [0.1, 0.15) is 5.75 Å². The Morgan fingerprint density at radius 3 is 2.56 bits per heavy atom. The van der Waals surface area contributed by atoms with E-state index in [1.54, 1.807) is 20.3 Å². The van der Waals surface area contributed by atoms with Gasteiger partial charge in [0.15, 0.2) is 0 Å². The fourth-order valence-corrected chi connectivity index (χ4v) is 2.77. The molecule has 0 aliphatic heterocycles. The van der Waals surface area contributed by atoms with Crippen LogP contribution >= 0.6 is 11.6 Å². The first-order chi connectivity index (χ1) is 8.66. The van der Waals surface area contributed by atoms with E-state index in [0.717, 1.165) is 30.6 Å². The molecule has 18 heavy (non-hydrogen) atoms. The van der Waals surface area contributed by atoms with Crippen LogP contribution in [0, 0.1) is 0 Å². The van der Waals surface area contributed by atoms with Crippen LogP contribution in [0.15, 0.2) is 18.2 Å². The molecule has 0 saturated heterocycles. The summed E-state index contributed by atoms with van der Waals surface area (Å²) in [6.45, 7) is 0. The second-order valence-electron chi connectivity index (χ2n) is 4.61. The van der Waals surface area contributed by atoms with Gasteiger partial charge in [-0.2, -0.15) is 0 Å². The summed E-state index contributed by atoms with van der Waals surface area (Å²) in [5.41, 5.74) is 3.53. The number of hydrogen-bond acceptors (Lipinski definition) is 4. The highest BCUT2D eigenvalue weighted by Gasteiger charge is 2.45. The molecular weight excluding hydrogens is 252 g/mol. The Kier molecular flexibility index (Phi) is 4.12. The molecule has 1 saturated carbocycles. The number of rotatable bonds is 5. The third-order valence-electron chi connectivity index (χ3n) is 3.80. The van der Waals surface area contributed by atoms with Gasteiger partial charge >= 0.3 is 0 Å². The van der Waals surface area contributed by atoms with Crippen LogP contribution in [-0.2, 0) is 4.74 Å². The first-order valence-corrected chi connectivity index (χ1v) is 6.39. The molecule has 1 aromatic carbocycles. The van der Waals surface area contributed by atoms with Crippen LogP contribution in [0.25, 0.3) is 0 Å². The molecule has 2 rings (SSSR count).